The first-order valence-corrected chi connectivity index (χ1v) is 17.9. The number of fused-ring (bicyclic) bond motifs is 9. The fourth-order valence-corrected chi connectivity index (χ4v) is 8.62. The van der Waals surface area contributed by atoms with Crippen molar-refractivity contribution >= 4 is 65.6 Å². The Hall–Kier alpha value is -6.84. The van der Waals surface area contributed by atoms with Crippen LogP contribution < -0.4 is 0 Å². The lowest BCUT2D eigenvalue weighted by Gasteiger charge is -2.19. The van der Waals surface area contributed by atoms with Crippen molar-refractivity contribution in [1.29, 1.82) is 0 Å². The predicted octanol–water partition coefficient (Wildman–Crippen LogP) is 13.4. The number of aryl methyl sites for hydroxylation is 1. The third-order valence-electron chi connectivity index (χ3n) is 10.9. The van der Waals surface area contributed by atoms with Crippen LogP contribution in [0.1, 0.15) is 5.56 Å². The Morgan fingerprint density at radius 1 is 0.365 bits per heavy atom. The van der Waals surface area contributed by atoms with Crippen molar-refractivity contribution in [2.24, 2.45) is 0 Å². The molecule has 0 radical (unpaired) electrons. The average Bonchev–Trinajstić information content (AvgIpc) is 3.86. The van der Waals surface area contributed by atoms with E-state index in [0.717, 1.165) is 33.3 Å². The number of benzene rings is 8. The van der Waals surface area contributed by atoms with E-state index in [2.05, 4.69) is 180 Å². The third kappa shape index (κ3) is 4.08. The molecule has 0 N–H and O–H groups in total. The summed E-state index contributed by atoms with van der Waals surface area (Å²) in [6, 6.07) is 63.7. The fraction of sp³-hybridized carbons (Fsp3) is 0.0204. The molecule has 244 valence electrons. The van der Waals surface area contributed by atoms with E-state index in [4.69, 9.17) is 4.42 Å². The first-order chi connectivity index (χ1) is 25.7. The van der Waals surface area contributed by atoms with Gasteiger partial charge in [-0.15, -0.1) is 0 Å². The normalized spacial score (nSPS) is 11.9. The predicted molar refractivity (Wildman–Crippen MR) is 218 cm³/mol. The average molecular weight is 665 g/mol. The van der Waals surface area contributed by atoms with Crippen LogP contribution >= 0.6 is 0 Å². The van der Waals surface area contributed by atoms with Gasteiger partial charge in [0, 0.05) is 54.8 Å². The van der Waals surface area contributed by atoms with E-state index in [1.165, 1.54) is 71.4 Å². The summed E-state index contributed by atoms with van der Waals surface area (Å²) in [5.74, 6) is 0. The zero-order valence-corrected chi connectivity index (χ0v) is 28.5. The lowest BCUT2D eigenvalue weighted by molar-refractivity contribution is 0.669. The second kappa shape index (κ2) is 11.1. The molecule has 0 bridgehead atoms. The van der Waals surface area contributed by atoms with Crippen molar-refractivity contribution in [3.8, 4) is 33.6 Å². The number of para-hydroxylation sites is 5. The van der Waals surface area contributed by atoms with Crippen LogP contribution in [-0.4, -0.2) is 9.13 Å². The van der Waals surface area contributed by atoms with Crippen LogP contribution in [0.3, 0.4) is 0 Å². The molecule has 0 unspecified atom stereocenters. The molecule has 0 aliphatic carbocycles. The van der Waals surface area contributed by atoms with E-state index in [1.54, 1.807) is 0 Å². The molecule has 52 heavy (non-hydrogen) atoms. The van der Waals surface area contributed by atoms with E-state index in [-0.39, 0.29) is 0 Å². The largest absolute Gasteiger partial charge is 0.456 e. The molecule has 3 heterocycles. The molecule has 0 aliphatic rings. The van der Waals surface area contributed by atoms with E-state index in [0.29, 0.717) is 0 Å². The van der Waals surface area contributed by atoms with Crippen LogP contribution in [0.25, 0.3) is 99.2 Å². The van der Waals surface area contributed by atoms with Gasteiger partial charge in [0.2, 0.25) is 0 Å². The highest BCUT2D eigenvalue weighted by Gasteiger charge is 2.25. The molecule has 8 aromatic carbocycles. The van der Waals surface area contributed by atoms with Crippen molar-refractivity contribution < 1.29 is 4.42 Å². The molecule has 3 aromatic heterocycles. The summed E-state index contributed by atoms with van der Waals surface area (Å²) >= 11 is 0. The van der Waals surface area contributed by atoms with Gasteiger partial charge in [0.15, 0.2) is 0 Å². The second-order valence-corrected chi connectivity index (χ2v) is 13.7. The summed E-state index contributed by atoms with van der Waals surface area (Å²) in [6.45, 7) is 2.22. The summed E-state index contributed by atoms with van der Waals surface area (Å²) in [5.41, 5.74) is 14.9. The van der Waals surface area contributed by atoms with Gasteiger partial charge < -0.3 is 13.6 Å². The molecule has 0 atom stereocenters. The summed E-state index contributed by atoms with van der Waals surface area (Å²) in [4.78, 5) is 0. The quantitative estimate of drug-likeness (QED) is 0.184. The smallest absolute Gasteiger partial charge is 0.135 e. The summed E-state index contributed by atoms with van der Waals surface area (Å²) in [5, 5.41) is 7.16. The Balaban J connectivity index is 1.35. The Bertz CT molecular complexity index is 3190. The van der Waals surface area contributed by atoms with E-state index in [1.807, 2.05) is 12.1 Å². The standard InChI is InChI=1S/C49H32N2O/c1-31-14-5-6-17-34(31)38-27-28-40-36-19-8-10-23-43(36)50(32-15-3-2-4-16-32)49(40)47(38)41-22-13-21-39-35-18-7-11-24-44(35)51(48(39)41)33-26-29-46-42(30-33)37-20-9-12-25-45(37)52-46/h2-30H,1H3. The van der Waals surface area contributed by atoms with Crippen LogP contribution in [0.15, 0.2) is 180 Å². The number of furan rings is 1. The van der Waals surface area contributed by atoms with Crippen molar-refractivity contribution in [2.45, 2.75) is 6.92 Å². The molecule has 0 spiro atoms. The van der Waals surface area contributed by atoms with Crippen molar-refractivity contribution in [3.63, 3.8) is 0 Å². The Kier molecular flexibility index (Phi) is 6.17. The lowest BCUT2D eigenvalue weighted by Crippen LogP contribution is -2.00. The molecule has 11 aromatic rings. The Morgan fingerprint density at radius 2 is 0.962 bits per heavy atom. The molecule has 3 nitrogen and oxygen atoms in total. The molecule has 3 heteroatoms. The van der Waals surface area contributed by atoms with Gasteiger partial charge in [0.1, 0.15) is 11.2 Å². The van der Waals surface area contributed by atoms with Crippen LogP contribution in [0, 0.1) is 6.92 Å². The molecule has 0 aliphatic heterocycles. The number of hydrogen-bond acceptors (Lipinski definition) is 1. The maximum atomic E-state index is 6.29. The Morgan fingerprint density at radius 3 is 1.75 bits per heavy atom. The fourth-order valence-electron chi connectivity index (χ4n) is 8.62. The van der Waals surface area contributed by atoms with Gasteiger partial charge in [-0.1, -0.05) is 127 Å². The molecule has 0 fully saturated rings. The molecular weight excluding hydrogens is 633 g/mol. The maximum absolute atomic E-state index is 6.29. The van der Waals surface area contributed by atoms with Crippen LogP contribution in [-0.2, 0) is 0 Å². The number of aromatic nitrogens is 2. The van der Waals surface area contributed by atoms with E-state index >= 15 is 0 Å². The first kappa shape index (κ1) is 28.9. The van der Waals surface area contributed by atoms with Crippen LogP contribution in [0.4, 0.5) is 0 Å². The molecule has 0 amide bonds. The minimum atomic E-state index is 0.893. The topological polar surface area (TPSA) is 23.0 Å². The van der Waals surface area contributed by atoms with Gasteiger partial charge in [0.05, 0.1) is 22.1 Å². The molecule has 0 saturated carbocycles. The van der Waals surface area contributed by atoms with Gasteiger partial charge >= 0.3 is 0 Å². The highest BCUT2D eigenvalue weighted by Crippen LogP contribution is 2.48. The van der Waals surface area contributed by atoms with Crippen LogP contribution in [0.5, 0.6) is 0 Å². The zero-order valence-electron chi connectivity index (χ0n) is 28.5. The summed E-state index contributed by atoms with van der Waals surface area (Å²) < 4.78 is 11.2. The van der Waals surface area contributed by atoms with Crippen LogP contribution in [0.2, 0.25) is 0 Å². The van der Waals surface area contributed by atoms with E-state index in [9.17, 15) is 0 Å². The number of hydrogen-bond donors (Lipinski definition) is 0. The molecular formula is C49H32N2O. The van der Waals surface area contributed by atoms with Crippen molar-refractivity contribution in [2.75, 3.05) is 0 Å². The minimum Gasteiger partial charge on any atom is -0.456 e. The van der Waals surface area contributed by atoms with Gasteiger partial charge in [-0.2, -0.15) is 0 Å². The van der Waals surface area contributed by atoms with E-state index < -0.39 is 0 Å². The SMILES string of the molecule is Cc1ccccc1-c1ccc2c3ccccc3n(-c3ccccc3)c2c1-c1cccc2c3ccccc3n(-c3ccc4oc5ccccc5c4c3)c12. The Labute approximate surface area is 300 Å². The van der Waals surface area contributed by atoms with Crippen molar-refractivity contribution in [3.05, 3.63) is 181 Å². The van der Waals surface area contributed by atoms with Crippen molar-refractivity contribution in [1.82, 2.24) is 9.13 Å². The lowest BCUT2D eigenvalue weighted by atomic mass is 9.89. The first-order valence-electron chi connectivity index (χ1n) is 17.9. The highest BCUT2D eigenvalue weighted by atomic mass is 16.3. The number of rotatable bonds is 4. The van der Waals surface area contributed by atoms with Gasteiger partial charge in [-0.25, -0.2) is 0 Å². The zero-order chi connectivity index (χ0) is 34.3. The summed E-state index contributed by atoms with van der Waals surface area (Å²) in [6.07, 6.45) is 0. The minimum absolute atomic E-state index is 0.893. The third-order valence-corrected chi connectivity index (χ3v) is 10.9. The summed E-state index contributed by atoms with van der Waals surface area (Å²) in [7, 11) is 0. The van der Waals surface area contributed by atoms with Gasteiger partial charge in [0.25, 0.3) is 0 Å². The van der Waals surface area contributed by atoms with Gasteiger partial charge in [-0.3, -0.25) is 0 Å². The second-order valence-electron chi connectivity index (χ2n) is 13.7. The maximum Gasteiger partial charge on any atom is 0.135 e. The molecule has 11 rings (SSSR count). The van der Waals surface area contributed by atoms with Gasteiger partial charge in [-0.05, 0) is 72.1 Å². The molecule has 0 saturated heterocycles. The number of nitrogens with zero attached hydrogens (tertiary/aromatic N) is 2. The monoisotopic (exact) mass is 664 g/mol. The highest BCUT2D eigenvalue weighted by molar-refractivity contribution is 6.21.